The largest absolute Gasteiger partial charge is 0.498 e. The molecule has 28 heavy (non-hydrogen) atoms. The fourth-order valence-electron chi connectivity index (χ4n) is 2.44. The SMILES string of the molecule is CC=CC(=CC=COCC(O)CBr)C(C)(C)c1ccc(OCC(O)CO)cc1. The van der Waals surface area contributed by atoms with Gasteiger partial charge in [-0.2, -0.15) is 0 Å². The lowest BCUT2D eigenvalue weighted by Gasteiger charge is -2.27. The maximum atomic E-state index is 9.46. The van der Waals surface area contributed by atoms with E-state index in [1.54, 1.807) is 6.26 Å². The topological polar surface area (TPSA) is 79.2 Å². The van der Waals surface area contributed by atoms with Gasteiger partial charge in [0.2, 0.25) is 0 Å². The van der Waals surface area contributed by atoms with E-state index in [9.17, 15) is 10.2 Å². The number of ether oxygens (including phenoxy) is 2. The highest BCUT2D eigenvalue weighted by Crippen LogP contribution is 2.33. The van der Waals surface area contributed by atoms with Crippen LogP contribution in [-0.4, -0.2) is 52.7 Å². The Labute approximate surface area is 176 Å². The number of hydrogen-bond acceptors (Lipinski definition) is 5. The fraction of sp³-hybridized carbons (Fsp3) is 0.455. The van der Waals surface area contributed by atoms with Crippen molar-refractivity contribution in [3.05, 3.63) is 66.0 Å². The van der Waals surface area contributed by atoms with E-state index in [2.05, 4.69) is 35.9 Å². The van der Waals surface area contributed by atoms with E-state index in [0.717, 1.165) is 11.1 Å². The van der Waals surface area contributed by atoms with Crippen LogP contribution in [0.1, 0.15) is 26.3 Å². The van der Waals surface area contributed by atoms with E-state index in [-0.39, 0.29) is 25.2 Å². The number of halogens is 1. The Balaban J connectivity index is 2.86. The normalized spacial score (nSPS) is 15.2. The third-order valence-electron chi connectivity index (χ3n) is 4.21. The van der Waals surface area contributed by atoms with Crippen molar-refractivity contribution in [3.63, 3.8) is 0 Å². The highest BCUT2D eigenvalue weighted by Gasteiger charge is 2.23. The minimum atomic E-state index is -0.884. The Morgan fingerprint density at radius 2 is 1.82 bits per heavy atom. The van der Waals surface area contributed by atoms with E-state index in [4.69, 9.17) is 14.6 Å². The average Bonchev–Trinajstić information content (AvgIpc) is 2.70. The number of aliphatic hydroxyl groups is 3. The number of allylic oxidation sites excluding steroid dienone is 5. The molecule has 0 aliphatic rings. The first-order valence-corrected chi connectivity index (χ1v) is 10.3. The number of hydrogen-bond donors (Lipinski definition) is 3. The summed E-state index contributed by atoms with van der Waals surface area (Å²) in [5.41, 5.74) is 1.95. The molecule has 0 radical (unpaired) electrons. The van der Waals surface area contributed by atoms with E-state index in [0.29, 0.717) is 11.1 Å². The van der Waals surface area contributed by atoms with E-state index >= 15 is 0 Å². The molecule has 1 aromatic carbocycles. The maximum absolute atomic E-state index is 9.46. The van der Waals surface area contributed by atoms with Gasteiger partial charge in [0.1, 0.15) is 25.1 Å². The van der Waals surface area contributed by atoms with Gasteiger partial charge in [-0.15, -0.1) is 0 Å². The smallest absolute Gasteiger partial charge is 0.119 e. The second-order valence-corrected chi connectivity index (χ2v) is 7.54. The number of rotatable bonds is 12. The molecule has 0 spiro atoms. The molecule has 0 aliphatic carbocycles. The Bertz CT molecular complexity index is 649. The summed E-state index contributed by atoms with van der Waals surface area (Å²) >= 11 is 3.20. The molecule has 2 unspecified atom stereocenters. The maximum Gasteiger partial charge on any atom is 0.119 e. The highest BCUT2D eigenvalue weighted by atomic mass is 79.9. The van der Waals surface area contributed by atoms with Crippen molar-refractivity contribution in [1.82, 2.24) is 0 Å². The third kappa shape index (κ3) is 8.19. The molecule has 0 aromatic heterocycles. The summed E-state index contributed by atoms with van der Waals surface area (Å²) in [6, 6.07) is 7.69. The van der Waals surface area contributed by atoms with Gasteiger partial charge in [0.05, 0.1) is 19.0 Å². The predicted octanol–water partition coefficient (Wildman–Crippen LogP) is 3.48. The van der Waals surface area contributed by atoms with E-state index in [1.807, 2.05) is 49.4 Å². The minimum absolute atomic E-state index is 0.0531. The molecule has 5 nitrogen and oxygen atoms in total. The first-order chi connectivity index (χ1) is 13.3. The monoisotopic (exact) mass is 454 g/mol. The molecule has 0 fully saturated rings. The summed E-state index contributed by atoms with van der Waals surface area (Å²) < 4.78 is 10.8. The summed E-state index contributed by atoms with van der Waals surface area (Å²) in [5.74, 6) is 0.641. The van der Waals surface area contributed by atoms with Crippen molar-refractivity contribution < 1.29 is 24.8 Å². The summed E-state index contributed by atoms with van der Waals surface area (Å²) in [7, 11) is 0. The molecule has 0 aliphatic heterocycles. The second-order valence-electron chi connectivity index (χ2n) is 6.89. The molecule has 0 saturated heterocycles. The molecule has 0 amide bonds. The van der Waals surface area contributed by atoms with Gasteiger partial charge in [0.15, 0.2) is 0 Å². The van der Waals surface area contributed by atoms with E-state index < -0.39 is 12.2 Å². The molecule has 1 aromatic rings. The molecule has 2 atom stereocenters. The second kappa shape index (κ2) is 12.8. The Morgan fingerprint density at radius 3 is 2.39 bits per heavy atom. The first-order valence-electron chi connectivity index (χ1n) is 9.23. The summed E-state index contributed by atoms with van der Waals surface area (Å²) in [4.78, 5) is 0. The van der Waals surface area contributed by atoms with Gasteiger partial charge in [-0.3, -0.25) is 0 Å². The van der Waals surface area contributed by atoms with Gasteiger partial charge in [-0.1, -0.05) is 60.1 Å². The van der Waals surface area contributed by atoms with Crippen LogP contribution in [0.2, 0.25) is 0 Å². The van der Waals surface area contributed by atoms with Crippen LogP contribution in [0, 0.1) is 0 Å². The molecule has 0 bridgehead atoms. The molecule has 1 rings (SSSR count). The third-order valence-corrected chi connectivity index (χ3v) is 4.96. The van der Waals surface area contributed by atoms with Crippen molar-refractivity contribution in [1.29, 1.82) is 0 Å². The van der Waals surface area contributed by atoms with Crippen molar-refractivity contribution in [3.8, 4) is 5.75 Å². The molecular weight excluding hydrogens is 424 g/mol. The molecule has 3 N–H and O–H groups in total. The van der Waals surface area contributed by atoms with Crippen molar-refractivity contribution in [2.45, 2.75) is 38.4 Å². The number of alkyl halides is 1. The van der Waals surface area contributed by atoms with Gasteiger partial charge in [-0.05, 0) is 36.3 Å². The van der Waals surface area contributed by atoms with Crippen LogP contribution in [0.3, 0.4) is 0 Å². The molecule has 156 valence electrons. The zero-order valence-corrected chi connectivity index (χ0v) is 18.3. The van der Waals surface area contributed by atoms with Crippen LogP contribution in [-0.2, 0) is 10.2 Å². The van der Waals surface area contributed by atoms with Crippen molar-refractivity contribution in [2.24, 2.45) is 0 Å². The standard InChI is InChI=1S/C22H31BrO5/c1-4-6-17(7-5-12-27-15-19(25)13-23)22(2,3)18-8-10-21(11-9-18)28-16-20(26)14-24/h4-12,19-20,24-26H,13-16H2,1-3H3. The predicted molar refractivity (Wildman–Crippen MR) is 116 cm³/mol. The van der Waals surface area contributed by atoms with Crippen LogP contribution < -0.4 is 4.74 Å². The zero-order valence-electron chi connectivity index (χ0n) is 16.7. The van der Waals surface area contributed by atoms with Crippen LogP contribution in [0.15, 0.2) is 60.4 Å². The minimum Gasteiger partial charge on any atom is -0.498 e. The lowest BCUT2D eigenvalue weighted by Crippen LogP contribution is -2.21. The molecule has 0 saturated carbocycles. The van der Waals surface area contributed by atoms with Gasteiger partial charge in [-0.25, -0.2) is 0 Å². The first kappa shape index (κ1) is 24.4. The van der Waals surface area contributed by atoms with Crippen LogP contribution in [0.5, 0.6) is 5.75 Å². The molecule has 6 heteroatoms. The summed E-state index contributed by atoms with van der Waals surface area (Å²) in [6.45, 7) is 6.21. The summed E-state index contributed by atoms with van der Waals surface area (Å²) in [5, 5.41) is 28.2. The Morgan fingerprint density at radius 1 is 1.14 bits per heavy atom. The Kier molecular flexibility index (Phi) is 11.2. The van der Waals surface area contributed by atoms with E-state index in [1.165, 1.54) is 0 Å². The molecular formula is C22H31BrO5. The van der Waals surface area contributed by atoms with Gasteiger partial charge < -0.3 is 24.8 Å². The van der Waals surface area contributed by atoms with Gasteiger partial charge in [0.25, 0.3) is 0 Å². The summed E-state index contributed by atoms with van der Waals surface area (Å²) in [6.07, 6.45) is 8.03. The number of aliphatic hydroxyl groups excluding tert-OH is 3. The van der Waals surface area contributed by atoms with Crippen molar-refractivity contribution in [2.75, 3.05) is 25.2 Å². The fourth-order valence-corrected chi connectivity index (χ4v) is 2.63. The van der Waals surface area contributed by atoms with Crippen LogP contribution in [0.4, 0.5) is 0 Å². The zero-order chi connectivity index (χ0) is 21.0. The lowest BCUT2D eigenvalue weighted by molar-refractivity contribution is 0.0536. The van der Waals surface area contributed by atoms with Crippen molar-refractivity contribution >= 4 is 15.9 Å². The highest BCUT2D eigenvalue weighted by molar-refractivity contribution is 9.09. The molecule has 0 heterocycles. The average molecular weight is 455 g/mol. The van der Waals surface area contributed by atoms with Crippen LogP contribution in [0.25, 0.3) is 0 Å². The quantitative estimate of drug-likeness (QED) is 0.256. The van der Waals surface area contributed by atoms with Crippen LogP contribution >= 0.6 is 15.9 Å². The van der Waals surface area contributed by atoms with Gasteiger partial charge >= 0.3 is 0 Å². The number of benzene rings is 1. The van der Waals surface area contributed by atoms with Gasteiger partial charge in [0, 0.05) is 10.7 Å². The lowest BCUT2D eigenvalue weighted by atomic mass is 9.77. The Hall–Kier alpha value is -1.60.